The first-order valence-electron chi connectivity index (χ1n) is 4.54. The summed E-state index contributed by atoms with van der Waals surface area (Å²) in [6.07, 6.45) is 0. The van der Waals surface area contributed by atoms with Crippen molar-refractivity contribution in [1.29, 1.82) is 0 Å². The topological polar surface area (TPSA) is 15.8 Å². The maximum atomic E-state index is 13.1. The molecule has 4 heteroatoms. The fraction of sp³-hybridized carbons (Fsp3) is 0.182. The van der Waals surface area contributed by atoms with Crippen LogP contribution in [0.2, 0.25) is 0 Å². The van der Waals surface area contributed by atoms with Crippen LogP contribution in [0.4, 0.5) is 4.39 Å². The van der Waals surface area contributed by atoms with Crippen LogP contribution in [0, 0.1) is 23.6 Å². The highest BCUT2D eigenvalue weighted by molar-refractivity contribution is 7.73. The molecule has 0 atom stereocenters. The molecular weight excluding hydrogens is 229 g/mol. The van der Waals surface area contributed by atoms with Crippen LogP contribution in [-0.2, 0) is 0 Å². The van der Waals surface area contributed by atoms with Crippen molar-refractivity contribution in [2.75, 3.05) is 0 Å². The molecule has 1 nitrogen and oxygen atoms in total. The summed E-state index contributed by atoms with van der Waals surface area (Å²) in [6, 6.07) is 5.08. The number of aromatic nitrogens is 1. The molecule has 1 heterocycles. The van der Waals surface area contributed by atoms with Crippen LogP contribution >= 0.6 is 23.6 Å². The largest absolute Gasteiger partial charge is 0.337 e. The molecule has 2 rings (SSSR count). The van der Waals surface area contributed by atoms with Gasteiger partial charge in [-0.1, -0.05) is 0 Å². The standard InChI is InChI=1S/C11H10FNS2/c1-6-5-8(3-4-9(6)12)10-7(2)15-11(14)13-10/h3-5H,1-2H3,(H,13,14). The second kappa shape index (κ2) is 3.87. The first-order chi connectivity index (χ1) is 7.08. The van der Waals surface area contributed by atoms with Crippen molar-refractivity contribution in [2.45, 2.75) is 13.8 Å². The second-order valence-electron chi connectivity index (χ2n) is 3.41. The van der Waals surface area contributed by atoms with E-state index in [4.69, 9.17) is 12.2 Å². The van der Waals surface area contributed by atoms with E-state index in [0.29, 0.717) is 5.56 Å². The summed E-state index contributed by atoms with van der Waals surface area (Å²) in [5.41, 5.74) is 2.63. The molecule has 15 heavy (non-hydrogen) atoms. The third kappa shape index (κ3) is 2.01. The molecule has 0 bridgehead atoms. The number of hydrogen-bond donors (Lipinski definition) is 1. The summed E-state index contributed by atoms with van der Waals surface area (Å²) < 4.78 is 13.8. The molecule has 1 aromatic carbocycles. The molecule has 0 saturated heterocycles. The van der Waals surface area contributed by atoms with E-state index in [1.165, 1.54) is 17.4 Å². The van der Waals surface area contributed by atoms with Gasteiger partial charge in [0.1, 0.15) is 5.82 Å². The molecule has 0 radical (unpaired) electrons. The Morgan fingerprint density at radius 3 is 2.60 bits per heavy atom. The van der Waals surface area contributed by atoms with E-state index in [-0.39, 0.29) is 5.82 Å². The quantitative estimate of drug-likeness (QED) is 0.736. The molecule has 0 amide bonds. The summed E-state index contributed by atoms with van der Waals surface area (Å²) in [7, 11) is 0. The monoisotopic (exact) mass is 239 g/mol. The highest BCUT2D eigenvalue weighted by Crippen LogP contribution is 2.26. The predicted molar refractivity (Wildman–Crippen MR) is 64.4 cm³/mol. The molecule has 0 spiro atoms. The van der Waals surface area contributed by atoms with Gasteiger partial charge in [0, 0.05) is 4.88 Å². The van der Waals surface area contributed by atoms with Gasteiger partial charge in [-0.25, -0.2) is 4.39 Å². The van der Waals surface area contributed by atoms with Crippen LogP contribution in [0.5, 0.6) is 0 Å². The summed E-state index contributed by atoms with van der Waals surface area (Å²) in [6.45, 7) is 3.76. The van der Waals surface area contributed by atoms with E-state index in [0.717, 1.165) is 20.1 Å². The number of aryl methyl sites for hydroxylation is 2. The SMILES string of the molecule is Cc1cc(-c2[nH]c(=S)sc2C)ccc1F. The number of H-pyrrole nitrogens is 1. The zero-order chi connectivity index (χ0) is 11.0. The first kappa shape index (κ1) is 10.5. The lowest BCUT2D eigenvalue weighted by atomic mass is 10.1. The van der Waals surface area contributed by atoms with Crippen LogP contribution in [0.25, 0.3) is 11.3 Å². The molecule has 0 saturated carbocycles. The predicted octanol–water partition coefficient (Wildman–Crippen LogP) is 4.23. The zero-order valence-corrected chi connectivity index (χ0v) is 10.1. The van der Waals surface area contributed by atoms with Gasteiger partial charge in [-0.3, -0.25) is 0 Å². The third-order valence-electron chi connectivity index (χ3n) is 2.27. The minimum atomic E-state index is -0.176. The maximum absolute atomic E-state index is 13.1. The van der Waals surface area contributed by atoms with E-state index in [2.05, 4.69) is 4.98 Å². The fourth-order valence-corrected chi connectivity index (χ4v) is 2.66. The number of hydrogen-bond acceptors (Lipinski definition) is 2. The van der Waals surface area contributed by atoms with Crippen molar-refractivity contribution < 1.29 is 4.39 Å². The van der Waals surface area contributed by atoms with Gasteiger partial charge >= 0.3 is 0 Å². The third-order valence-corrected chi connectivity index (χ3v) is 3.42. The van der Waals surface area contributed by atoms with Gasteiger partial charge in [0.25, 0.3) is 0 Å². The van der Waals surface area contributed by atoms with Gasteiger partial charge in [-0.15, -0.1) is 11.3 Å². The Kier molecular flexibility index (Phi) is 2.71. The summed E-state index contributed by atoms with van der Waals surface area (Å²) in [4.78, 5) is 4.25. The van der Waals surface area contributed by atoms with Crippen molar-refractivity contribution >= 4 is 23.6 Å². The minimum absolute atomic E-state index is 0.176. The Bertz CT molecular complexity index is 554. The molecule has 1 aromatic heterocycles. The second-order valence-corrected chi connectivity index (χ2v) is 5.30. The van der Waals surface area contributed by atoms with Crippen molar-refractivity contribution in [1.82, 2.24) is 4.98 Å². The molecule has 1 N–H and O–H groups in total. The normalized spacial score (nSPS) is 10.6. The van der Waals surface area contributed by atoms with Crippen molar-refractivity contribution in [3.05, 3.63) is 38.4 Å². The lowest BCUT2D eigenvalue weighted by Crippen LogP contribution is -1.85. The van der Waals surface area contributed by atoms with Crippen LogP contribution in [-0.4, -0.2) is 4.98 Å². The molecular formula is C11H10FNS2. The molecule has 0 fully saturated rings. The highest BCUT2D eigenvalue weighted by atomic mass is 32.1. The Labute approximate surface area is 96.6 Å². The van der Waals surface area contributed by atoms with Crippen molar-refractivity contribution in [2.24, 2.45) is 0 Å². The first-order valence-corrected chi connectivity index (χ1v) is 5.76. The number of benzene rings is 1. The number of aromatic amines is 1. The fourth-order valence-electron chi connectivity index (χ4n) is 1.48. The average molecular weight is 239 g/mol. The molecule has 2 aromatic rings. The smallest absolute Gasteiger partial charge is 0.159 e. The number of nitrogens with one attached hydrogen (secondary N) is 1. The van der Waals surface area contributed by atoms with E-state index in [9.17, 15) is 4.39 Å². The van der Waals surface area contributed by atoms with E-state index >= 15 is 0 Å². The summed E-state index contributed by atoms with van der Waals surface area (Å²) >= 11 is 6.61. The highest BCUT2D eigenvalue weighted by Gasteiger charge is 2.06. The summed E-state index contributed by atoms with van der Waals surface area (Å²) in [5, 5.41) is 0. The van der Waals surface area contributed by atoms with Crippen LogP contribution in [0.15, 0.2) is 18.2 Å². The van der Waals surface area contributed by atoms with E-state index in [1.54, 1.807) is 13.0 Å². The van der Waals surface area contributed by atoms with Crippen LogP contribution < -0.4 is 0 Å². The van der Waals surface area contributed by atoms with Crippen molar-refractivity contribution in [3.63, 3.8) is 0 Å². The Morgan fingerprint density at radius 1 is 1.33 bits per heavy atom. The molecule has 78 valence electrons. The Balaban J connectivity index is 2.59. The van der Waals surface area contributed by atoms with Crippen LogP contribution in [0.3, 0.4) is 0 Å². The lowest BCUT2D eigenvalue weighted by molar-refractivity contribution is 0.619. The van der Waals surface area contributed by atoms with Gasteiger partial charge < -0.3 is 4.98 Å². The number of thiazole rings is 1. The van der Waals surface area contributed by atoms with Crippen molar-refractivity contribution in [3.8, 4) is 11.3 Å². The lowest BCUT2D eigenvalue weighted by Gasteiger charge is -2.02. The van der Waals surface area contributed by atoms with E-state index < -0.39 is 0 Å². The van der Waals surface area contributed by atoms with Gasteiger partial charge in [-0.05, 0) is 55.4 Å². The van der Waals surface area contributed by atoms with E-state index in [1.807, 2.05) is 13.0 Å². The van der Waals surface area contributed by atoms with Gasteiger partial charge in [-0.2, -0.15) is 0 Å². The Hall–Kier alpha value is -1.00. The molecule has 0 aliphatic rings. The molecule has 0 unspecified atom stereocenters. The average Bonchev–Trinajstić information content (AvgIpc) is 2.50. The van der Waals surface area contributed by atoms with Gasteiger partial charge in [0.2, 0.25) is 0 Å². The number of rotatable bonds is 1. The van der Waals surface area contributed by atoms with Gasteiger partial charge in [0.15, 0.2) is 3.95 Å². The molecule has 0 aliphatic carbocycles. The Morgan fingerprint density at radius 2 is 2.07 bits per heavy atom. The maximum Gasteiger partial charge on any atom is 0.159 e. The number of halogens is 1. The summed E-state index contributed by atoms with van der Waals surface area (Å²) in [5.74, 6) is -0.176. The molecule has 0 aliphatic heterocycles. The minimum Gasteiger partial charge on any atom is -0.337 e. The van der Waals surface area contributed by atoms with Crippen LogP contribution in [0.1, 0.15) is 10.4 Å². The zero-order valence-electron chi connectivity index (χ0n) is 8.43. The van der Waals surface area contributed by atoms with Gasteiger partial charge in [0.05, 0.1) is 5.69 Å².